The molecule has 2 aromatic carbocycles. The lowest BCUT2D eigenvalue weighted by atomic mass is 9.87. The minimum atomic E-state index is -0.468. The lowest BCUT2D eigenvalue weighted by molar-refractivity contribution is -0.331. The predicted octanol–water partition coefficient (Wildman–Crippen LogP) is 3.67. The minimum absolute atomic E-state index is 0.0787. The van der Waals surface area contributed by atoms with Crippen molar-refractivity contribution >= 4 is 10.8 Å². The van der Waals surface area contributed by atoms with Crippen LogP contribution in [0.4, 0.5) is 0 Å². The zero-order chi connectivity index (χ0) is 15.0. The Morgan fingerprint density at radius 3 is 2.82 bits per heavy atom. The van der Waals surface area contributed by atoms with Crippen LogP contribution in [0.15, 0.2) is 61.2 Å². The third-order valence-corrected chi connectivity index (χ3v) is 4.26. The van der Waals surface area contributed by atoms with Crippen LogP contribution in [0.3, 0.4) is 0 Å². The van der Waals surface area contributed by atoms with Crippen molar-refractivity contribution in [1.82, 2.24) is 9.55 Å². The first-order chi connectivity index (χ1) is 10.8. The molecule has 1 fully saturated rings. The molecule has 0 bridgehead atoms. The van der Waals surface area contributed by atoms with Crippen molar-refractivity contribution in [3.05, 3.63) is 66.7 Å². The van der Waals surface area contributed by atoms with E-state index < -0.39 is 5.60 Å². The zero-order valence-electron chi connectivity index (χ0n) is 12.5. The SMILES string of the molecule is CC1CC(Cn2ccnc2)(c2ccc3ccccc3c2)OO1. The molecule has 1 aliphatic rings. The van der Waals surface area contributed by atoms with Gasteiger partial charge < -0.3 is 4.57 Å². The van der Waals surface area contributed by atoms with E-state index in [4.69, 9.17) is 9.78 Å². The smallest absolute Gasteiger partial charge is 0.149 e. The van der Waals surface area contributed by atoms with Crippen molar-refractivity contribution < 1.29 is 9.78 Å². The van der Waals surface area contributed by atoms with Gasteiger partial charge in [-0.25, -0.2) is 14.8 Å². The second-order valence-corrected chi connectivity index (χ2v) is 5.99. The van der Waals surface area contributed by atoms with E-state index in [-0.39, 0.29) is 6.10 Å². The Labute approximate surface area is 129 Å². The van der Waals surface area contributed by atoms with Gasteiger partial charge in [0, 0.05) is 18.8 Å². The molecule has 2 heterocycles. The third-order valence-electron chi connectivity index (χ3n) is 4.26. The van der Waals surface area contributed by atoms with E-state index in [0.717, 1.165) is 12.0 Å². The van der Waals surface area contributed by atoms with E-state index >= 15 is 0 Å². The van der Waals surface area contributed by atoms with E-state index in [1.54, 1.807) is 6.20 Å². The van der Waals surface area contributed by atoms with Crippen molar-refractivity contribution in [2.45, 2.75) is 31.6 Å². The van der Waals surface area contributed by atoms with Crippen LogP contribution in [-0.2, 0) is 21.9 Å². The normalized spacial score (nSPS) is 24.9. The van der Waals surface area contributed by atoms with Crippen LogP contribution in [0.5, 0.6) is 0 Å². The van der Waals surface area contributed by atoms with Gasteiger partial charge >= 0.3 is 0 Å². The summed E-state index contributed by atoms with van der Waals surface area (Å²) >= 11 is 0. The third kappa shape index (κ3) is 2.30. The topological polar surface area (TPSA) is 36.3 Å². The summed E-state index contributed by atoms with van der Waals surface area (Å²) in [5.74, 6) is 0. The van der Waals surface area contributed by atoms with E-state index in [1.165, 1.54) is 10.8 Å². The molecule has 1 aliphatic heterocycles. The van der Waals surface area contributed by atoms with E-state index in [1.807, 2.05) is 24.0 Å². The molecular weight excluding hydrogens is 276 g/mol. The van der Waals surface area contributed by atoms with Gasteiger partial charge in [0.25, 0.3) is 0 Å². The zero-order valence-corrected chi connectivity index (χ0v) is 12.5. The quantitative estimate of drug-likeness (QED) is 0.691. The largest absolute Gasteiger partial charge is 0.334 e. The highest BCUT2D eigenvalue weighted by atomic mass is 17.2. The molecule has 2 unspecified atom stereocenters. The van der Waals surface area contributed by atoms with Crippen LogP contribution in [0.25, 0.3) is 10.8 Å². The number of benzene rings is 2. The summed E-state index contributed by atoms with van der Waals surface area (Å²) in [6, 6.07) is 14.9. The van der Waals surface area contributed by atoms with Crippen molar-refractivity contribution in [2.24, 2.45) is 0 Å². The summed E-state index contributed by atoms with van der Waals surface area (Å²) in [6.07, 6.45) is 6.45. The molecule has 1 aromatic heterocycles. The van der Waals surface area contributed by atoms with Crippen molar-refractivity contribution in [3.8, 4) is 0 Å². The second kappa shape index (κ2) is 5.23. The maximum atomic E-state index is 5.81. The van der Waals surface area contributed by atoms with Gasteiger partial charge in [0.2, 0.25) is 0 Å². The van der Waals surface area contributed by atoms with Crippen LogP contribution < -0.4 is 0 Å². The summed E-state index contributed by atoms with van der Waals surface area (Å²) in [6.45, 7) is 2.73. The van der Waals surface area contributed by atoms with Crippen LogP contribution in [0, 0.1) is 0 Å². The molecule has 0 N–H and O–H groups in total. The highest BCUT2D eigenvalue weighted by Gasteiger charge is 2.43. The first-order valence-electron chi connectivity index (χ1n) is 7.55. The number of rotatable bonds is 3. The second-order valence-electron chi connectivity index (χ2n) is 5.99. The Kier molecular flexibility index (Phi) is 3.21. The van der Waals surface area contributed by atoms with Gasteiger partial charge in [0.15, 0.2) is 0 Å². The molecule has 0 aliphatic carbocycles. The number of fused-ring (bicyclic) bond motifs is 1. The van der Waals surface area contributed by atoms with E-state index in [9.17, 15) is 0 Å². The fraction of sp³-hybridized carbons (Fsp3) is 0.278. The maximum Gasteiger partial charge on any atom is 0.149 e. The average Bonchev–Trinajstić information content (AvgIpc) is 3.18. The van der Waals surface area contributed by atoms with Gasteiger partial charge in [-0.2, -0.15) is 0 Å². The highest BCUT2D eigenvalue weighted by molar-refractivity contribution is 5.83. The molecule has 0 spiro atoms. The van der Waals surface area contributed by atoms with Crippen LogP contribution >= 0.6 is 0 Å². The number of aromatic nitrogens is 2. The summed E-state index contributed by atoms with van der Waals surface area (Å²) in [7, 11) is 0. The van der Waals surface area contributed by atoms with E-state index in [2.05, 4.69) is 47.4 Å². The Hall–Kier alpha value is -2.17. The summed E-state index contributed by atoms with van der Waals surface area (Å²) < 4.78 is 2.04. The van der Waals surface area contributed by atoms with Gasteiger partial charge in [-0.1, -0.05) is 36.4 Å². The molecule has 0 amide bonds. The molecule has 0 radical (unpaired) electrons. The highest BCUT2D eigenvalue weighted by Crippen LogP contribution is 2.40. The number of hydrogen-bond acceptors (Lipinski definition) is 3. The molecule has 22 heavy (non-hydrogen) atoms. The minimum Gasteiger partial charge on any atom is -0.334 e. The molecule has 112 valence electrons. The standard InChI is InChI=1S/C18H18N2O2/c1-14-11-18(22-21-14,12-20-9-8-19-13-20)17-7-6-15-4-2-3-5-16(15)10-17/h2-10,13-14H,11-12H2,1H3. The fourth-order valence-electron chi connectivity index (χ4n) is 3.20. The predicted molar refractivity (Wildman–Crippen MR) is 84.1 cm³/mol. The van der Waals surface area contributed by atoms with Crippen molar-refractivity contribution in [3.63, 3.8) is 0 Å². The van der Waals surface area contributed by atoms with E-state index in [0.29, 0.717) is 6.54 Å². The summed E-state index contributed by atoms with van der Waals surface area (Å²) in [4.78, 5) is 15.4. The Morgan fingerprint density at radius 1 is 1.23 bits per heavy atom. The fourth-order valence-corrected chi connectivity index (χ4v) is 3.20. The van der Waals surface area contributed by atoms with Gasteiger partial charge in [-0.15, -0.1) is 0 Å². The molecular formula is C18H18N2O2. The lowest BCUT2D eigenvalue weighted by Crippen LogP contribution is -2.30. The molecule has 0 saturated carbocycles. The average molecular weight is 294 g/mol. The van der Waals surface area contributed by atoms with Gasteiger partial charge in [-0.3, -0.25) is 0 Å². The molecule has 4 rings (SSSR count). The van der Waals surface area contributed by atoms with Crippen LogP contribution in [-0.4, -0.2) is 15.7 Å². The van der Waals surface area contributed by atoms with Gasteiger partial charge in [0.05, 0.1) is 19.0 Å². The first kappa shape index (κ1) is 13.5. The maximum absolute atomic E-state index is 5.81. The molecule has 4 heteroatoms. The van der Waals surface area contributed by atoms with Gasteiger partial charge in [0.1, 0.15) is 5.60 Å². The Morgan fingerprint density at radius 2 is 2.09 bits per heavy atom. The molecule has 3 aromatic rings. The Balaban J connectivity index is 1.78. The monoisotopic (exact) mass is 294 g/mol. The van der Waals surface area contributed by atoms with Crippen LogP contribution in [0.1, 0.15) is 18.9 Å². The van der Waals surface area contributed by atoms with Crippen LogP contribution in [0.2, 0.25) is 0 Å². The first-order valence-corrected chi connectivity index (χ1v) is 7.55. The lowest BCUT2D eigenvalue weighted by Gasteiger charge is -2.27. The number of imidazole rings is 1. The van der Waals surface area contributed by atoms with Gasteiger partial charge in [-0.05, 0) is 29.3 Å². The number of hydrogen-bond donors (Lipinski definition) is 0. The molecule has 1 saturated heterocycles. The molecule has 4 nitrogen and oxygen atoms in total. The Bertz CT molecular complexity index is 785. The van der Waals surface area contributed by atoms with Crippen molar-refractivity contribution in [2.75, 3.05) is 0 Å². The van der Waals surface area contributed by atoms with Crippen molar-refractivity contribution in [1.29, 1.82) is 0 Å². The summed E-state index contributed by atoms with van der Waals surface area (Å²) in [5.41, 5.74) is 0.675. The molecule has 2 atom stereocenters. The summed E-state index contributed by atoms with van der Waals surface area (Å²) in [5, 5.41) is 2.45. The number of nitrogens with zero attached hydrogens (tertiary/aromatic N) is 2.